The summed E-state index contributed by atoms with van der Waals surface area (Å²) in [4.78, 5) is 2.22. The van der Waals surface area contributed by atoms with Gasteiger partial charge in [-0.3, -0.25) is 0 Å². The summed E-state index contributed by atoms with van der Waals surface area (Å²) < 4.78 is 5.50. The Labute approximate surface area is 155 Å². The minimum absolute atomic E-state index is 0.0842. The molecular weight excluding hydrogens is 322 g/mol. The number of hydrogen-bond donors (Lipinski definition) is 1. The van der Waals surface area contributed by atoms with E-state index in [9.17, 15) is 5.11 Å². The van der Waals surface area contributed by atoms with Crippen molar-refractivity contribution < 1.29 is 9.84 Å². The molecule has 0 heterocycles. The SMILES string of the molecule is CC(C)C(O)OCc1ccc(N(c2ccccc2)c2ccccc2)cc1. The highest BCUT2D eigenvalue weighted by molar-refractivity contribution is 5.76. The molecule has 3 aromatic rings. The Morgan fingerprint density at radius 1 is 0.731 bits per heavy atom. The third kappa shape index (κ3) is 4.51. The van der Waals surface area contributed by atoms with Gasteiger partial charge in [-0.25, -0.2) is 0 Å². The van der Waals surface area contributed by atoms with Gasteiger partial charge in [0.05, 0.1) is 6.61 Å². The first-order valence-electron chi connectivity index (χ1n) is 8.94. The van der Waals surface area contributed by atoms with Crippen LogP contribution in [0.15, 0.2) is 84.9 Å². The summed E-state index contributed by atoms with van der Waals surface area (Å²) in [6.07, 6.45) is -0.736. The Balaban J connectivity index is 1.84. The molecule has 26 heavy (non-hydrogen) atoms. The lowest BCUT2D eigenvalue weighted by Crippen LogP contribution is -2.18. The summed E-state index contributed by atoms with van der Waals surface area (Å²) in [5.41, 5.74) is 4.33. The van der Waals surface area contributed by atoms with E-state index in [1.165, 1.54) is 0 Å². The molecule has 1 atom stereocenters. The largest absolute Gasteiger partial charge is 0.368 e. The van der Waals surface area contributed by atoms with E-state index in [2.05, 4.69) is 41.3 Å². The first kappa shape index (κ1) is 18.2. The van der Waals surface area contributed by atoms with Crippen LogP contribution in [0, 0.1) is 5.92 Å². The van der Waals surface area contributed by atoms with Crippen molar-refractivity contribution in [3.8, 4) is 0 Å². The predicted octanol–water partition coefficient (Wildman–Crippen LogP) is 5.65. The first-order valence-corrected chi connectivity index (χ1v) is 8.94. The molecule has 3 heteroatoms. The number of aliphatic hydroxyl groups excluding tert-OH is 1. The van der Waals surface area contributed by atoms with Gasteiger partial charge in [-0.1, -0.05) is 62.4 Å². The zero-order valence-corrected chi connectivity index (χ0v) is 15.2. The summed E-state index contributed by atoms with van der Waals surface area (Å²) in [7, 11) is 0. The molecule has 0 bridgehead atoms. The van der Waals surface area contributed by atoms with Crippen molar-refractivity contribution in [2.24, 2.45) is 5.92 Å². The van der Waals surface area contributed by atoms with Crippen LogP contribution in [0.5, 0.6) is 0 Å². The maximum atomic E-state index is 9.80. The van der Waals surface area contributed by atoms with Crippen LogP contribution in [0.4, 0.5) is 17.1 Å². The van der Waals surface area contributed by atoms with Gasteiger partial charge in [-0.2, -0.15) is 0 Å². The molecule has 0 spiro atoms. The molecule has 0 radical (unpaired) electrons. The van der Waals surface area contributed by atoms with Crippen LogP contribution in [0.1, 0.15) is 19.4 Å². The van der Waals surface area contributed by atoms with Crippen LogP contribution in [-0.4, -0.2) is 11.4 Å². The average Bonchev–Trinajstić information content (AvgIpc) is 2.69. The monoisotopic (exact) mass is 347 g/mol. The van der Waals surface area contributed by atoms with Gasteiger partial charge in [0.2, 0.25) is 0 Å². The standard InChI is InChI=1S/C23H25NO2/c1-18(2)23(25)26-17-19-13-15-22(16-14-19)24(20-9-5-3-6-10-20)21-11-7-4-8-12-21/h3-16,18,23,25H,17H2,1-2H3. The fourth-order valence-corrected chi connectivity index (χ4v) is 2.72. The maximum absolute atomic E-state index is 9.80. The second kappa shape index (κ2) is 8.65. The Bertz CT molecular complexity index is 746. The van der Waals surface area contributed by atoms with Crippen molar-refractivity contribution in [2.45, 2.75) is 26.7 Å². The molecule has 0 aromatic heterocycles. The van der Waals surface area contributed by atoms with Crippen LogP contribution in [0.2, 0.25) is 0 Å². The fraction of sp³-hybridized carbons (Fsp3) is 0.217. The average molecular weight is 347 g/mol. The zero-order valence-electron chi connectivity index (χ0n) is 15.2. The first-order chi connectivity index (χ1) is 12.6. The van der Waals surface area contributed by atoms with Gasteiger partial charge >= 0.3 is 0 Å². The molecule has 0 aliphatic rings. The molecule has 3 aromatic carbocycles. The van der Waals surface area contributed by atoms with Gasteiger partial charge in [0, 0.05) is 23.0 Å². The second-order valence-electron chi connectivity index (χ2n) is 6.62. The Morgan fingerprint density at radius 3 is 1.65 bits per heavy atom. The lowest BCUT2D eigenvalue weighted by atomic mass is 10.1. The smallest absolute Gasteiger partial charge is 0.157 e. The van der Waals surface area contributed by atoms with E-state index in [1.54, 1.807) is 0 Å². The second-order valence-corrected chi connectivity index (χ2v) is 6.62. The molecule has 134 valence electrons. The van der Waals surface area contributed by atoms with E-state index in [0.29, 0.717) is 6.61 Å². The quantitative estimate of drug-likeness (QED) is 0.561. The third-order valence-corrected chi connectivity index (χ3v) is 4.21. The Kier molecular flexibility index (Phi) is 6.05. The minimum atomic E-state index is -0.736. The molecule has 0 aliphatic carbocycles. The van der Waals surface area contributed by atoms with E-state index < -0.39 is 6.29 Å². The van der Waals surface area contributed by atoms with Crippen LogP contribution in [-0.2, 0) is 11.3 Å². The summed E-state index contributed by atoms with van der Waals surface area (Å²) in [5, 5.41) is 9.80. The van der Waals surface area contributed by atoms with Crippen molar-refractivity contribution in [1.82, 2.24) is 0 Å². The lowest BCUT2D eigenvalue weighted by Gasteiger charge is -2.25. The van der Waals surface area contributed by atoms with Gasteiger partial charge in [-0.15, -0.1) is 0 Å². The van der Waals surface area contributed by atoms with Gasteiger partial charge < -0.3 is 14.7 Å². The van der Waals surface area contributed by atoms with Crippen molar-refractivity contribution in [3.63, 3.8) is 0 Å². The number of anilines is 3. The summed E-state index contributed by atoms with van der Waals surface area (Å²) in [6.45, 7) is 4.27. The number of para-hydroxylation sites is 2. The lowest BCUT2D eigenvalue weighted by molar-refractivity contribution is -0.134. The number of ether oxygens (including phenoxy) is 1. The minimum Gasteiger partial charge on any atom is -0.368 e. The van der Waals surface area contributed by atoms with Crippen molar-refractivity contribution in [2.75, 3.05) is 4.90 Å². The van der Waals surface area contributed by atoms with Crippen LogP contribution < -0.4 is 4.90 Å². The van der Waals surface area contributed by atoms with E-state index in [4.69, 9.17) is 4.74 Å². The maximum Gasteiger partial charge on any atom is 0.157 e. The van der Waals surface area contributed by atoms with Crippen molar-refractivity contribution >= 4 is 17.1 Å². The van der Waals surface area contributed by atoms with Gasteiger partial charge in [0.1, 0.15) is 0 Å². The highest BCUT2D eigenvalue weighted by Crippen LogP contribution is 2.34. The van der Waals surface area contributed by atoms with E-state index in [-0.39, 0.29) is 5.92 Å². The van der Waals surface area contributed by atoms with Crippen molar-refractivity contribution in [3.05, 3.63) is 90.5 Å². The molecule has 0 amide bonds. The zero-order chi connectivity index (χ0) is 18.4. The van der Waals surface area contributed by atoms with E-state index in [1.807, 2.05) is 62.4 Å². The molecule has 0 saturated carbocycles. The Morgan fingerprint density at radius 2 is 1.19 bits per heavy atom. The topological polar surface area (TPSA) is 32.7 Å². The third-order valence-electron chi connectivity index (χ3n) is 4.21. The van der Waals surface area contributed by atoms with Crippen molar-refractivity contribution in [1.29, 1.82) is 0 Å². The van der Waals surface area contributed by atoms with Crippen LogP contribution >= 0.6 is 0 Å². The number of hydrogen-bond acceptors (Lipinski definition) is 3. The molecule has 0 aliphatic heterocycles. The van der Waals surface area contributed by atoms with Crippen LogP contribution in [0.3, 0.4) is 0 Å². The summed E-state index contributed by atoms with van der Waals surface area (Å²) in [5.74, 6) is 0.0842. The number of aliphatic hydroxyl groups is 1. The van der Waals surface area contributed by atoms with Gasteiger partial charge in [0.25, 0.3) is 0 Å². The number of rotatable bonds is 7. The number of nitrogens with zero attached hydrogens (tertiary/aromatic N) is 1. The highest BCUT2D eigenvalue weighted by atomic mass is 16.6. The van der Waals surface area contributed by atoms with Gasteiger partial charge in [-0.05, 0) is 42.0 Å². The molecule has 1 unspecified atom stereocenters. The molecule has 0 fully saturated rings. The van der Waals surface area contributed by atoms with E-state index >= 15 is 0 Å². The number of benzene rings is 3. The Hall–Kier alpha value is -2.62. The van der Waals surface area contributed by atoms with Gasteiger partial charge in [0.15, 0.2) is 6.29 Å². The summed E-state index contributed by atoms with van der Waals surface area (Å²) >= 11 is 0. The predicted molar refractivity (Wildman–Crippen MR) is 107 cm³/mol. The van der Waals surface area contributed by atoms with E-state index in [0.717, 1.165) is 22.6 Å². The molecule has 1 N–H and O–H groups in total. The van der Waals surface area contributed by atoms with Crippen LogP contribution in [0.25, 0.3) is 0 Å². The molecular formula is C23H25NO2. The highest BCUT2D eigenvalue weighted by Gasteiger charge is 2.12. The molecule has 3 rings (SSSR count). The normalized spacial score (nSPS) is 12.2. The fourth-order valence-electron chi connectivity index (χ4n) is 2.72. The molecule has 0 saturated heterocycles. The molecule has 3 nitrogen and oxygen atoms in total. The summed E-state index contributed by atoms with van der Waals surface area (Å²) in [6, 6.07) is 28.9.